The molecular weight excluding hydrogens is 328 g/mol. The van der Waals surface area contributed by atoms with Crippen LogP contribution in [0.4, 0.5) is 0 Å². The zero-order valence-corrected chi connectivity index (χ0v) is 15.0. The maximum atomic E-state index is 11.2. The minimum absolute atomic E-state index is 0.196. The van der Waals surface area contributed by atoms with Crippen LogP contribution in [0, 0.1) is 25.7 Å². The van der Waals surface area contributed by atoms with E-state index in [0.29, 0.717) is 11.8 Å². The van der Waals surface area contributed by atoms with Gasteiger partial charge in [-0.05, 0) is 37.5 Å². The summed E-state index contributed by atoms with van der Waals surface area (Å²) in [6, 6.07) is 13.5. The maximum Gasteiger partial charge on any atom is 0.172 e. The van der Waals surface area contributed by atoms with Crippen LogP contribution in [0.2, 0.25) is 0 Å². The Kier molecular flexibility index (Phi) is 7.14. The topological polar surface area (TPSA) is 60.2 Å². The Bertz CT molecular complexity index is 872. The van der Waals surface area contributed by atoms with Crippen molar-refractivity contribution in [1.29, 1.82) is 0 Å². The average molecular weight is 348 g/mol. The van der Waals surface area contributed by atoms with Gasteiger partial charge in [0.2, 0.25) is 0 Å². The van der Waals surface area contributed by atoms with Gasteiger partial charge in [-0.3, -0.25) is 4.79 Å². The lowest BCUT2D eigenvalue weighted by Crippen LogP contribution is -2.09. The minimum Gasteiger partial charge on any atom is -0.399 e. The number of aryl methyl sites for hydroxylation is 2. The highest BCUT2D eigenvalue weighted by Crippen LogP contribution is 2.16. The van der Waals surface area contributed by atoms with Crippen molar-refractivity contribution in [1.82, 2.24) is 0 Å². The zero-order valence-electron chi connectivity index (χ0n) is 15.0. The summed E-state index contributed by atoms with van der Waals surface area (Å²) in [7, 11) is 1.40. The zero-order chi connectivity index (χ0) is 18.8. The van der Waals surface area contributed by atoms with Crippen LogP contribution < -0.4 is 0 Å². The number of carbonyl (C=O) groups is 1. The van der Waals surface area contributed by atoms with Gasteiger partial charge in [-0.1, -0.05) is 52.1 Å². The second-order valence-corrected chi connectivity index (χ2v) is 5.52. The molecule has 0 spiro atoms. The first-order chi connectivity index (χ1) is 12.7. The van der Waals surface area contributed by atoms with Crippen molar-refractivity contribution in [3.05, 3.63) is 70.3 Å². The second-order valence-electron chi connectivity index (χ2n) is 5.52. The number of oxime groups is 2. The molecule has 2 aromatic carbocycles. The van der Waals surface area contributed by atoms with E-state index >= 15 is 0 Å². The van der Waals surface area contributed by atoms with Crippen molar-refractivity contribution >= 4 is 18.2 Å². The number of rotatable bonds is 6. The van der Waals surface area contributed by atoms with Crippen LogP contribution in [0.5, 0.6) is 0 Å². The van der Waals surface area contributed by atoms with Gasteiger partial charge in [0.05, 0.1) is 0 Å². The Labute approximate surface area is 153 Å². The molecule has 0 atom stereocenters. The van der Waals surface area contributed by atoms with Gasteiger partial charge in [0.1, 0.15) is 25.6 Å². The van der Waals surface area contributed by atoms with E-state index in [2.05, 4.69) is 22.2 Å². The fourth-order valence-electron chi connectivity index (χ4n) is 2.28. The summed E-state index contributed by atoms with van der Waals surface area (Å²) >= 11 is 0. The first-order valence-electron chi connectivity index (χ1n) is 8.03. The molecule has 0 unspecified atom stereocenters. The van der Waals surface area contributed by atoms with Gasteiger partial charge in [0, 0.05) is 16.7 Å². The smallest absolute Gasteiger partial charge is 0.172 e. The molecule has 0 amide bonds. The first kappa shape index (κ1) is 18.9. The molecule has 26 heavy (non-hydrogen) atoms. The van der Waals surface area contributed by atoms with E-state index in [1.165, 1.54) is 18.9 Å². The van der Waals surface area contributed by atoms with Crippen LogP contribution in [0.1, 0.15) is 27.8 Å². The van der Waals surface area contributed by atoms with Crippen molar-refractivity contribution in [3.8, 4) is 11.8 Å². The lowest BCUT2D eigenvalue weighted by Gasteiger charge is -2.10. The highest BCUT2D eigenvalue weighted by atomic mass is 16.6. The largest absolute Gasteiger partial charge is 0.399 e. The summed E-state index contributed by atoms with van der Waals surface area (Å²) in [6.07, 6.45) is 2.06. The monoisotopic (exact) mass is 348 g/mol. The highest BCUT2D eigenvalue weighted by Gasteiger charge is 2.12. The molecule has 0 fully saturated rings. The van der Waals surface area contributed by atoms with Gasteiger partial charge < -0.3 is 9.68 Å². The molecule has 0 bridgehead atoms. The predicted octanol–water partition coefficient (Wildman–Crippen LogP) is 3.41. The Morgan fingerprint density at radius 3 is 2.62 bits per heavy atom. The Hall–Kier alpha value is -3.39. The lowest BCUT2D eigenvalue weighted by molar-refractivity contribution is -0.102. The number of carbonyl (C=O) groups excluding carboxylic acids is 1. The molecule has 2 aromatic rings. The van der Waals surface area contributed by atoms with E-state index in [9.17, 15) is 4.79 Å². The predicted molar refractivity (Wildman–Crippen MR) is 102 cm³/mol. The van der Waals surface area contributed by atoms with Crippen molar-refractivity contribution in [2.75, 3.05) is 7.11 Å². The van der Waals surface area contributed by atoms with E-state index in [-0.39, 0.29) is 12.3 Å². The van der Waals surface area contributed by atoms with Gasteiger partial charge in [-0.25, -0.2) is 0 Å². The summed E-state index contributed by atoms with van der Waals surface area (Å²) in [5.74, 6) is 5.80. The number of benzene rings is 2. The van der Waals surface area contributed by atoms with E-state index in [0.717, 1.165) is 16.7 Å². The molecule has 0 aliphatic heterocycles. The molecule has 0 aliphatic carbocycles. The third-order valence-electron chi connectivity index (χ3n) is 3.66. The maximum absolute atomic E-state index is 11.2. The van der Waals surface area contributed by atoms with Crippen LogP contribution in [-0.4, -0.2) is 25.3 Å². The van der Waals surface area contributed by atoms with E-state index in [1.54, 1.807) is 6.07 Å². The van der Waals surface area contributed by atoms with Crippen LogP contribution in [0.3, 0.4) is 0 Å². The lowest BCUT2D eigenvalue weighted by atomic mass is 9.99. The number of hydrogen-bond acceptors (Lipinski definition) is 5. The first-order valence-corrected chi connectivity index (χ1v) is 8.03. The number of nitrogens with zero attached hydrogens (tertiary/aromatic N) is 2. The molecular formula is C21H20N2O3. The van der Waals surface area contributed by atoms with E-state index in [1.807, 2.05) is 50.2 Å². The van der Waals surface area contributed by atoms with Gasteiger partial charge in [0.25, 0.3) is 0 Å². The third kappa shape index (κ3) is 5.32. The highest BCUT2D eigenvalue weighted by molar-refractivity contribution is 6.36. The summed E-state index contributed by atoms with van der Waals surface area (Å²) in [5, 5.41) is 7.60. The van der Waals surface area contributed by atoms with Crippen LogP contribution in [0.25, 0.3) is 0 Å². The Balaban J connectivity index is 2.05. The fraction of sp³-hybridized carbons (Fsp3) is 0.190. The fourth-order valence-corrected chi connectivity index (χ4v) is 2.28. The number of aldehydes is 1. The molecule has 2 rings (SSSR count). The number of hydrogen-bond donors (Lipinski definition) is 0. The SMILES string of the molecule is CO/N=C(/C=O)c1cccc(C)c1CO/N=C/C#Cc1ccc(C)cc1. The molecule has 0 heterocycles. The second kappa shape index (κ2) is 9.80. The molecule has 132 valence electrons. The molecule has 0 saturated heterocycles. The van der Waals surface area contributed by atoms with Gasteiger partial charge >= 0.3 is 0 Å². The van der Waals surface area contributed by atoms with E-state index in [4.69, 9.17) is 9.68 Å². The van der Waals surface area contributed by atoms with Crippen LogP contribution >= 0.6 is 0 Å². The van der Waals surface area contributed by atoms with E-state index < -0.39 is 0 Å². The normalized spacial score (nSPS) is 11.0. The van der Waals surface area contributed by atoms with Crippen LogP contribution in [0.15, 0.2) is 52.8 Å². The summed E-state index contributed by atoms with van der Waals surface area (Å²) in [6.45, 7) is 4.15. The molecule has 5 nitrogen and oxygen atoms in total. The third-order valence-corrected chi connectivity index (χ3v) is 3.66. The van der Waals surface area contributed by atoms with Crippen LogP contribution in [-0.2, 0) is 21.1 Å². The van der Waals surface area contributed by atoms with Gasteiger partial charge in [-0.2, -0.15) is 0 Å². The molecule has 5 heteroatoms. The molecule has 0 saturated carbocycles. The molecule has 0 aromatic heterocycles. The summed E-state index contributed by atoms with van der Waals surface area (Å²) in [4.78, 5) is 21.3. The summed E-state index contributed by atoms with van der Waals surface area (Å²) < 4.78 is 0. The van der Waals surface area contributed by atoms with Gasteiger partial charge in [0.15, 0.2) is 6.29 Å². The van der Waals surface area contributed by atoms with Crippen molar-refractivity contribution in [2.24, 2.45) is 10.3 Å². The summed E-state index contributed by atoms with van der Waals surface area (Å²) in [5.41, 5.74) is 4.75. The molecule has 0 N–H and O–H groups in total. The van der Waals surface area contributed by atoms with Crippen molar-refractivity contribution < 1.29 is 14.5 Å². The molecule has 0 aliphatic rings. The van der Waals surface area contributed by atoms with Crippen molar-refractivity contribution in [2.45, 2.75) is 20.5 Å². The minimum atomic E-state index is 0.196. The standard InChI is InChI=1S/C21H20N2O3/c1-16-9-11-18(12-10-16)7-5-13-22-26-15-20-17(2)6-4-8-19(20)21(14-24)23-25-3/h4,6,8-14H,15H2,1-3H3/b22-13+,23-21-. The Morgan fingerprint density at radius 1 is 1.15 bits per heavy atom. The molecule has 0 radical (unpaired) electrons. The van der Waals surface area contributed by atoms with Crippen molar-refractivity contribution in [3.63, 3.8) is 0 Å². The average Bonchev–Trinajstić information content (AvgIpc) is 2.65. The van der Waals surface area contributed by atoms with Gasteiger partial charge in [-0.15, -0.1) is 0 Å². The Morgan fingerprint density at radius 2 is 1.92 bits per heavy atom. The quantitative estimate of drug-likeness (QED) is 0.348.